The number of alkyl halides is 3. The molecule has 0 radical (unpaired) electrons. The maximum atomic E-state index is 14.1. The minimum Gasteiger partial charge on any atom is -0.403 e. The van der Waals surface area contributed by atoms with Crippen molar-refractivity contribution in [2.75, 3.05) is 0 Å². The molecular formula is C16H12BrF4N3OS. The summed E-state index contributed by atoms with van der Waals surface area (Å²) in [5.74, 6) is -1.61. The third-order valence-electron chi connectivity index (χ3n) is 2.89. The summed E-state index contributed by atoms with van der Waals surface area (Å²) in [5, 5.41) is 7.45. The second-order valence-corrected chi connectivity index (χ2v) is 6.63. The van der Waals surface area contributed by atoms with E-state index in [2.05, 4.69) is 30.9 Å². The van der Waals surface area contributed by atoms with Crippen molar-refractivity contribution in [1.29, 1.82) is 0 Å². The first-order valence-corrected chi connectivity index (χ1v) is 8.81. The van der Waals surface area contributed by atoms with E-state index in [-0.39, 0.29) is 15.2 Å². The summed E-state index contributed by atoms with van der Waals surface area (Å²) in [6.45, 7) is 0. The van der Waals surface area contributed by atoms with Gasteiger partial charge in [0.05, 0.1) is 6.21 Å². The highest BCUT2D eigenvalue weighted by molar-refractivity contribution is 9.10. The van der Waals surface area contributed by atoms with Crippen molar-refractivity contribution in [2.45, 2.75) is 12.1 Å². The first-order chi connectivity index (χ1) is 12.3. The van der Waals surface area contributed by atoms with E-state index in [4.69, 9.17) is 5.73 Å². The van der Waals surface area contributed by atoms with Gasteiger partial charge in [-0.1, -0.05) is 58.0 Å². The van der Waals surface area contributed by atoms with Gasteiger partial charge in [-0.25, -0.2) is 4.39 Å². The Labute approximate surface area is 159 Å². The van der Waals surface area contributed by atoms with E-state index >= 15 is 0 Å². The van der Waals surface area contributed by atoms with Gasteiger partial charge in [-0.2, -0.15) is 5.10 Å². The highest BCUT2D eigenvalue weighted by atomic mass is 79.9. The average Bonchev–Trinajstić information content (AvgIpc) is 2.58. The Morgan fingerprint density at radius 1 is 1.19 bits per heavy atom. The zero-order chi connectivity index (χ0) is 19.2. The van der Waals surface area contributed by atoms with Crippen LogP contribution in [0.1, 0.15) is 11.1 Å². The van der Waals surface area contributed by atoms with Gasteiger partial charge in [0.25, 0.3) is 0 Å². The van der Waals surface area contributed by atoms with Gasteiger partial charge in [-0.15, -0.1) is 18.3 Å². The summed E-state index contributed by atoms with van der Waals surface area (Å²) >= 11 is 4.26. The first-order valence-electron chi connectivity index (χ1n) is 7.03. The molecule has 0 fully saturated rings. The second-order valence-electron chi connectivity index (χ2n) is 4.78. The Bertz CT molecular complexity index is 813. The predicted molar refractivity (Wildman–Crippen MR) is 97.7 cm³/mol. The van der Waals surface area contributed by atoms with E-state index in [9.17, 15) is 17.6 Å². The smallest absolute Gasteiger partial charge is 0.403 e. The van der Waals surface area contributed by atoms with Gasteiger partial charge in [-0.05, 0) is 17.7 Å². The molecule has 4 nitrogen and oxygen atoms in total. The molecule has 0 aliphatic heterocycles. The average molecular weight is 450 g/mol. The van der Waals surface area contributed by atoms with Crippen molar-refractivity contribution in [3.8, 4) is 5.75 Å². The normalized spacial score (nSPS) is 12.6. The fraction of sp³-hybridized carbons (Fsp3) is 0.125. The maximum absolute atomic E-state index is 14.1. The van der Waals surface area contributed by atoms with Gasteiger partial charge in [0, 0.05) is 15.8 Å². The van der Waals surface area contributed by atoms with Crippen LogP contribution in [-0.2, 0) is 5.75 Å². The number of ether oxygens (including phenoxy) is 1. The molecule has 2 rings (SSSR count). The van der Waals surface area contributed by atoms with Crippen molar-refractivity contribution in [3.63, 3.8) is 0 Å². The number of halogens is 5. The molecule has 0 aliphatic rings. The fourth-order valence-corrected chi connectivity index (χ4v) is 2.80. The van der Waals surface area contributed by atoms with Gasteiger partial charge in [0.15, 0.2) is 16.7 Å². The lowest BCUT2D eigenvalue weighted by atomic mass is 10.2. The predicted octanol–water partition coefficient (Wildman–Crippen LogP) is 5.07. The highest BCUT2D eigenvalue weighted by Gasteiger charge is 2.33. The number of rotatable bonds is 5. The molecule has 0 spiro atoms. The summed E-state index contributed by atoms with van der Waals surface area (Å²) in [6, 6.07) is 11.6. The molecule has 26 heavy (non-hydrogen) atoms. The zero-order valence-electron chi connectivity index (χ0n) is 13.0. The molecule has 0 aliphatic carbocycles. The molecule has 0 unspecified atom stereocenters. The number of nitrogens with zero attached hydrogens (tertiary/aromatic N) is 2. The van der Waals surface area contributed by atoms with Crippen molar-refractivity contribution in [3.05, 3.63) is 63.9 Å². The minimum absolute atomic E-state index is 0.129. The van der Waals surface area contributed by atoms with Gasteiger partial charge in [0.2, 0.25) is 0 Å². The van der Waals surface area contributed by atoms with Crippen LogP contribution in [0.15, 0.2) is 57.1 Å². The molecule has 2 N–H and O–H groups in total. The van der Waals surface area contributed by atoms with E-state index in [1.807, 2.05) is 30.3 Å². The summed E-state index contributed by atoms with van der Waals surface area (Å²) in [7, 11) is 0. The molecule has 0 aromatic heterocycles. The van der Waals surface area contributed by atoms with Crippen LogP contribution in [-0.4, -0.2) is 17.7 Å². The SMILES string of the molecule is NC(=NN=Cc1c(Br)ccc(OC(F)(F)F)c1F)SCc1ccccc1. The van der Waals surface area contributed by atoms with Crippen LogP contribution >= 0.6 is 27.7 Å². The first kappa shape index (κ1) is 20.2. The van der Waals surface area contributed by atoms with Gasteiger partial charge >= 0.3 is 6.36 Å². The van der Waals surface area contributed by atoms with E-state index in [1.54, 1.807) is 0 Å². The van der Waals surface area contributed by atoms with Gasteiger partial charge < -0.3 is 10.5 Å². The molecule has 2 aromatic carbocycles. The highest BCUT2D eigenvalue weighted by Crippen LogP contribution is 2.30. The molecule has 0 saturated heterocycles. The molecule has 138 valence electrons. The maximum Gasteiger partial charge on any atom is 0.573 e. The third kappa shape index (κ3) is 6.34. The Morgan fingerprint density at radius 3 is 2.54 bits per heavy atom. The Kier molecular flexibility index (Phi) is 7.04. The quantitative estimate of drug-likeness (QED) is 0.300. The molecule has 0 atom stereocenters. The molecule has 0 saturated carbocycles. The van der Waals surface area contributed by atoms with Gasteiger partial charge in [-0.3, -0.25) is 0 Å². The lowest BCUT2D eigenvalue weighted by molar-refractivity contribution is -0.275. The van der Waals surface area contributed by atoms with Crippen molar-refractivity contribution in [2.24, 2.45) is 15.9 Å². The molecular weight excluding hydrogens is 438 g/mol. The second kappa shape index (κ2) is 9.04. The number of thioether (sulfide) groups is 1. The van der Waals surface area contributed by atoms with Crippen LogP contribution in [0, 0.1) is 5.82 Å². The Balaban J connectivity index is 2.08. The number of hydrogen-bond acceptors (Lipinski definition) is 4. The van der Waals surface area contributed by atoms with Crippen LogP contribution in [0.25, 0.3) is 0 Å². The molecule has 10 heteroatoms. The Morgan fingerprint density at radius 2 is 1.88 bits per heavy atom. The van der Waals surface area contributed by atoms with Crippen LogP contribution < -0.4 is 10.5 Å². The van der Waals surface area contributed by atoms with E-state index in [0.29, 0.717) is 5.75 Å². The molecule has 0 amide bonds. The number of nitrogens with two attached hydrogens (primary N) is 1. The van der Waals surface area contributed by atoms with Crippen LogP contribution in [0.3, 0.4) is 0 Å². The fourth-order valence-electron chi connectivity index (χ4n) is 1.78. The van der Waals surface area contributed by atoms with E-state index < -0.39 is 17.9 Å². The largest absolute Gasteiger partial charge is 0.573 e. The van der Waals surface area contributed by atoms with Crippen LogP contribution in [0.4, 0.5) is 17.6 Å². The summed E-state index contributed by atoms with van der Waals surface area (Å²) in [6.07, 6.45) is -4.04. The number of hydrogen-bond donors (Lipinski definition) is 1. The standard InChI is InChI=1S/C16H12BrF4N3OS/c17-12-6-7-13(25-16(19,20)21)14(18)11(12)8-23-24-15(22)26-9-10-4-2-1-3-5-10/h1-8H,9H2,(H2,22,24). The Hall–Kier alpha value is -2.07. The molecule has 0 bridgehead atoms. The summed E-state index contributed by atoms with van der Waals surface area (Å²) in [4.78, 5) is 0. The summed E-state index contributed by atoms with van der Waals surface area (Å²) < 4.78 is 54.7. The minimum atomic E-state index is -5.00. The van der Waals surface area contributed by atoms with Crippen molar-refractivity contribution >= 4 is 39.1 Å². The lowest BCUT2D eigenvalue weighted by Gasteiger charge is -2.11. The monoisotopic (exact) mass is 449 g/mol. The molecule has 2 aromatic rings. The zero-order valence-corrected chi connectivity index (χ0v) is 15.4. The third-order valence-corrected chi connectivity index (χ3v) is 4.44. The van der Waals surface area contributed by atoms with E-state index in [0.717, 1.165) is 17.8 Å². The lowest BCUT2D eigenvalue weighted by Crippen LogP contribution is -2.18. The molecule has 0 heterocycles. The van der Waals surface area contributed by atoms with E-state index in [1.165, 1.54) is 17.8 Å². The number of amidine groups is 1. The summed E-state index contributed by atoms with van der Waals surface area (Å²) in [5.41, 5.74) is 6.49. The van der Waals surface area contributed by atoms with Crippen LogP contribution in [0.5, 0.6) is 5.75 Å². The van der Waals surface area contributed by atoms with Crippen molar-refractivity contribution < 1.29 is 22.3 Å². The van der Waals surface area contributed by atoms with Crippen LogP contribution in [0.2, 0.25) is 0 Å². The topological polar surface area (TPSA) is 60.0 Å². The number of benzene rings is 2. The van der Waals surface area contributed by atoms with Crippen molar-refractivity contribution in [1.82, 2.24) is 0 Å². The van der Waals surface area contributed by atoms with Gasteiger partial charge in [0.1, 0.15) is 0 Å².